The van der Waals surface area contributed by atoms with E-state index in [9.17, 15) is 9.59 Å². The van der Waals surface area contributed by atoms with Crippen LogP contribution in [0.15, 0.2) is 28.7 Å². The molecule has 0 unspecified atom stereocenters. The van der Waals surface area contributed by atoms with Gasteiger partial charge in [-0.3, -0.25) is 9.59 Å². The highest BCUT2D eigenvalue weighted by Gasteiger charge is 2.46. The summed E-state index contributed by atoms with van der Waals surface area (Å²) in [6, 6.07) is 7.58. The van der Waals surface area contributed by atoms with Gasteiger partial charge in [0.25, 0.3) is 5.79 Å². The standard InChI is InChI=1S/C15H17BrO4/c1-4-11(9-5-7-10(16)8-6-9)12-13(17)19-15(2,3)20-14(12)18/h5-8,11-12H,4H2,1-3H3/t11-/m1/s1. The minimum Gasteiger partial charge on any atom is -0.422 e. The lowest BCUT2D eigenvalue weighted by Gasteiger charge is -2.35. The van der Waals surface area contributed by atoms with Gasteiger partial charge in [0, 0.05) is 24.2 Å². The molecule has 108 valence electrons. The minimum atomic E-state index is -1.18. The number of hydrogen-bond acceptors (Lipinski definition) is 4. The van der Waals surface area contributed by atoms with Gasteiger partial charge in [-0.1, -0.05) is 35.0 Å². The molecule has 1 aliphatic heterocycles. The molecule has 1 aliphatic rings. The number of hydrogen-bond donors (Lipinski definition) is 0. The highest BCUT2D eigenvalue weighted by atomic mass is 79.9. The molecule has 1 heterocycles. The van der Waals surface area contributed by atoms with Crippen LogP contribution >= 0.6 is 15.9 Å². The Hall–Kier alpha value is -1.36. The van der Waals surface area contributed by atoms with Crippen LogP contribution in [0.4, 0.5) is 0 Å². The summed E-state index contributed by atoms with van der Waals surface area (Å²) >= 11 is 3.37. The Labute approximate surface area is 126 Å². The van der Waals surface area contributed by atoms with Crippen molar-refractivity contribution in [3.63, 3.8) is 0 Å². The Morgan fingerprint density at radius 2 is 1.65 bits per heavy atom. The lowest BCUT2D eigenvalue weighted by Crippen LogP contribution is -2.48. The average molecular weight is 341 g/mol. The first-order chi connectivity index (χ1) is 9.34. The third-order valence-corrected chi connectivity index (χ3v) is 3.87. The average Bonchev–Trinajstić information content (AvgIpc) is 2.34. The van der Waals surface area contributed by atoms with Crippen LogP contribution in [0.3, 0.4) is 0 Å². The molecule has 0 aliphatic carbocycles. The topological polar surface area (TPSA) is 52.6 Å². The van der Waals surface area contributed by atoms with Crippen LogP contribution in [-0.2, 0) is 19.1 Å². The Balaban J connectivity index is 2.30. The number of rotatable bonds is 3. The van der Waals surface area contributed by atoms with E-state index in [0.29, 0.717) is 6.42 Å². The summed E-state index contributed by atoms with van der Waals surface area (Å²) in [7, 11) is 0. The minimum absolute atomic E-state index is 0.237. The number of cyclic esters (lactones) is 2. The maximum Gasteiger partial charge on any atom is 0.324 e. The van der Waals surface area contributed by atoms with Crippen molar-refractivity contribution >= 4 is 27.9 Å². The highest BCUT2D eigenvalue weighted by Crippen LogP contribution is 2.35. The van der Waals surface area contributed by atoms with E-state index < -0.39 is 23.6 Å². The molecule has 1 aromatic carbocycles. The van der Waals surface area contributed by atoms with Crippen LogP contribution in [0, 0.1) is 5.92 Å². The molecule has 0 spiro atoms. The molecule has 1 aromatic rings. The molecule has 0 radical (unpaired) electrons. The zero-order valence-electron chi connectivity index (χ0n) is 11.7. The number of benzene rings is 1. The monoisotopic (exact) mass is 340 g/mol. The molecule has 0 bridgehead atoms. The first-order valence-electron chi connectivity index (χ1n) is 6.55. The van der Waals surface area contributed by atoms with Crippen LogP contribution in [0.25, 0.3) is 0 Å². The van der Waals surface area contributed by atoms with Gasteiger partial charge in [0.15, 0.2) is 5.92 Å². The second-order valence-electron chi connectivity index (χ2n) is 5.29. The zero-order valence-corrected chi connectivity index (χ0v) is 13.3. The summed E-state index contributed by atoms with van der Waals surface area (Å²) in [6.45, 7) is 5.05. The van der Waals surface area contributed by atoms with Crippen LogP contribution in [-0.4, -0.2) is 17.7 Å². The van der Waals surface area contributed by atoms with Crippen molar-refractivity contribution in [1.82, 2.24) is 0 Å². The summed E-state index contributed by atoms with van der Waals surface area (Å²) in [5.74, 6) is -3.33. The van der Waals surface area contributed by atoms with E-state index in [1.807, 2.05) is 31.2 Å². The van der Waals surface area contributed by atoms with Crippen LogP contribution in [0.2, 0.25) is 0 Å². The molecule has 2 rings (SSSR count). The third-order valence-electron chi connectivity index (χ3n) is 3.34. The van der Waals surface area contributed by atoms with Crippen LogP contribution < -0.4 is 0 Å². The Bertz CT molecular complexity index is 501. The maximum absolute atomic E-state index is 12.1. The predicted molar refractivity (Wildman–Crippen MR) is 76.9 cm³/mol. The summed E-state index contributed by atoms with van der Waals surface area (Å²) in [5, 5.41) is 0. The molecule has 0 aromatic heterocycles. The molecule has 4 nitrogen and oxygen atoms in total. The van der Waals surface area contributed by atoms with Crippen molar-refractivity contribution in [1.29, 1.82) is 0 Å². The van der Waals surface area contributed by atoms with E-state index >= 15 is 0 Å². The fourth-order valence-corrected chi connectivity index (χ4v) is 2.70. The van der Waals surface area contributed by atoms with Gasteiger partial charge in [0.05, 0.1) is 0 Å². The quantitative estimate of drug-likeness (QED) is 0.625. The number of ether oxygens (including phenoxy) is 2. The summed E-state index contributed by atoms with van der Waals surface area (Å²) < 4.78 is 11.3. The van der Waals surface area contributed by atoms with Crippen molar-refractivity contribution in [2.24, 2.45) is 5.92 Å². The third kappa shape index (κ3) is 3.03. The van der Waals surface area contributed by atoms with E-state index in [0.717, 1.165) is 10.0 Å². The first kappa shape index (κ1) is 15.0. The second-order valence-corrected chi connectivity index (χ2v) is 6.20. The van der Waals surface area contributed by atoms with E-state index in [1.54, 1.807) is 13.8 Å². The van der Waals surface area contributed by atoms with E-state index in [2.05, 4.69) is 15.9 Å². The molecule has 0 saturated carbocycles. The number of halogens is 1. The molecular weight excluding hydrogens is 324 g/mol. The lowest BCUT2D eigenvalue weighted by molar-refractivity contribution is -0.241. The smallest absolute Gasteiger partial charge is 0.324 e. The first-order valence-corrected chi connectivity index (χ1v) is 7.34. The van der Waals surface area contributed by atoms with Crippen molar-refractivity contribution in [2.45, 2.75) is 38.9 Å². The predicted octanol–water partition coefficient (Wildman–Crippen LogP) is 3.40. The molecular formula is C15H17BrO4. The van der Waals surface area contributed by atoms with Gasteiger partial charge in [-0.05, 0) is 24.1 Å². The maximum atomic E-state index is 12.1. The van der Waals surface area contributed by atoms with Gasteiger partial charge in [0.1, 0.15) is 0 Å². The van der Waals surface area contributed by atoms with Crippen molar-refractivity contribution < 1.29 is 19.1 Å². The zero-order chi connectivity index (χ0) is 14.9. The Morgan fingerprint density at radius 1 is 1.15 bits per heavy atom. The van der Waals surface area contributed by atoms with Gasteiger partial charge in [-0.25, -0.2) is 0 Å². The Kier molecular flexibility index (Phi) is 4.18. The fourth-order valence-electron chi connectivity index (χ4n) is 2.43. The largest absolute Gasteiger partial charge is 0.422 e. The number of esters is 2. The lowest BCUT2D eigenvalue weighted by atomic mass is 9.83. The molecule has 1 saturated heterocycles. The van der Waals surface area contributed by atoms with Crippen molar-refractivity contribution in [2.75, 3.05) is 0 Å². The highest BCUT2D eigenvalue weighted by molar-refractivity contribution is 9.10. The normalized spacial score (nSPS) is 20.2. The SMILES string of the molecule is CC[C@H](c1ccc(Br)cc1)C1C(=O)OC(C)(C)OC1=O. The van der Waals surface area contributed by atoms with Gasteiger partial charge in [-0.2, -0.15) is 0 Å². The van der Waals surface area contributed by atoms with E-state index in [4.69, 9.17) is 9.47 Å². The van der Waals surface area contributed by atoms with Crippen molar-refractivity contribution in [3.05, 3.63) is 34.3 Å². The molecule has 5 heteroatoms. The van der Waals surface area contributed by atoms with Gasteiger partial charge in [-0.15, -0.1) is 0 Å². The molecule has 1 fully saturated rings. The summed E-state index contributed by atoms with van der Waals surface area (Å²) in [6.07, 6.45) is 0.650. The molecule has 0 N–H and O–H groups in total. The van der Waals surface area contributed by atoms with E-state index in [1.165, 1.54) is 0 Å². The molecule has 0 amide bonds. The second kappa shape index (κ2) is 5.56. The number of carbonyl (C=O) groups is 2. The van der Waals surface area contributed by atoms with Gasteiger partial charge >= 0.3 is 11.9 Å². The van der Waals surface area contributed by atoms with E-state index in [-0.39, 0.29) is 5.92 Å². The summed E-state index contributed by atoms with van der Waals surface area (Å²) in [4.78, 5) is 24.3. The fraction of sp³-hybridized carbons (Fsp3) is 0.467. The van der Waals surface area contributed by atoms with Crippen LogP contribution in [0.1, 0.15) is 38.7 Å². The molecule has 1 atom stereocenters. The molecule has 20 heavy (non-hydrogen) atoms. The Morgan fingerprint density at radius 3 is 2.10 bits per heavy atom. The van der Waals surface area contributed by atoms with Gasteiger partial charge in [0.2, 0.25) is 0 Å². The van der Waals surface area contributed by atoms with Gasteiger partial charge < -0.3 is 9.47 Å². The van der Waals surface area contributed by atoms with Crippen LogP contribution in [0.5, 0.6) is 0 Å². The number of carbonyl (C=O) groups excluding carboxylic acids is 2. The van der Waals surface area contributed by atoms with Crippen molar-refractivity contribution in [3.8, 4) is 0 Å². The summed E-state index contributed by atoms with van der Waals surface area (Å²) in [5.41, 5.74) is 0.925.